The molecule has 1 aromatic rings. The number of carbonyl (C=O) groups is 2. The number of amides is 2. The van der Waals surface area contributed by atoms with E-state index in [1.807, 2.05) is 0 Å². The molecule has 86 valence electrons. The van der Waals surface area contributed by atoms with Gasteiger partial charge in [0.15, 0.2) is 0 Å². The van der Waals surface area contributed by atoms with Crippen molar-refractivity contribution < 1.29 is 9.59 Å². The Labute approximate surface area is 104 Å². The van der Waals surface area contributed by atoms with Crippen LogP contribution in [0.4, 0.5) is 5.69 Å². The minimum absolute atomic E-state index is 0.0463. The van der Waals surface area contributed by atoms with Crippen LogP contribution < -0.4 is 5.32 Å². The zero-order valence-corrected chi connectivity index (χ0v) is 9.62. The highest BCUT2D eigenvalue weighted by molar-refractivity contribution is 6.31. The molecular weight excluding hydrogens is 240 g/mol. The number of hydrogen-bond acceptors (Lipinski definition) is 2. The Morgan fingerprint density at radius 2 is 2.24 bits per heavy atom. The van der Waals surface area contributed by atoms with E-state index in [0.717, 1.165) is 0 Å². The van der Waals surface area contributed by atoms with E-state index in [0.29, 0.717) is 16.3 Å². The molecule has 0 atom stereocenters. The van der Waals surface area contributed by atoms with Crippen LogP contribution in [0.15, 0.2) is 18.2 Å². The Morgan fingerprint density at radius 3 is 2.94 bits per heavy atom. The Balaban J connectivity index is 2.48. The molecule has 5 heteroatoms. The predicted molar refractivity (Wildman–Crippen MR) is 64.8 cm³/mol. The topological polar surface area (TPSA) is 49.4 Å². The fourth-order valence-electron chi connectivity index (χ4n) is 1.65. The predicted octanol–water partition coefficient (Wildman–Crippen LogP) is 1.37. The van der Waals surface area contributed by atoms with Crippen LogP contribution in [0.5, 0.6) is 0 Å². The van der Waals surface area contributed by atoms with Gasteiger partial charge in [-0.15, -0.1) is 6.42 Å². The zero-order chi connectivity index (χ0) is 12.4. The van der Waals surface area contributed by atoms with Crippen molar-refractivity contribution >= 4 is 29.1 Å². The summed E-state index contributed by atoms with van der Waals surface area (Å²) in [6.07, 6.45) is 5.17. The van der Waals surface area contributed by atoms with E-state index in [1.165, 1.54) is 11.0 Å². The molecule has 0 aromatic heterocycles. The minimum atomic E-state index is -0.293. The third-order valence-corrected chi connectivity index (χ3v) is 2.63. The lowest BCUT2D eigenvalue weighted by atomic mass is 10.1. The maximum atomic E-state index is 12.1. The quantitative estimate of drug-likeness (QED) is 0.763. The van der Waals surface area contributed by atoms with E-state index in [9.17, 15) is 9.59 Å². The van der Waals surface area contributed by atoms with Gasteiger partial charge in [0.25, 0.3) is 5.91 Å². The van der Waals surface area contributed by atoms with E-state index in [2.05, 4.69) is 11.2 Å². The molecule has 0 spiro atoms. The van der Waals surface area contributed by atoms with Crippen molar-refractivity contribution in [3.05, 3.63) is 28.8 Å². The van der Waals surface area contributed by atoms with Gasteiger partial charge in [0.2, 0.25) is 5.91 Å². The van der Waals surface area contributed by atoms with Gasteiger partial charge in [0.1, 0.15) is 6.54 Å². The summed E-state index contributed by atoms with van der Waals surface area (Å²) in [5.74, 6) is 1.79. The van der Waals surface area contributed by atoms with Crippen molar-refractivity contribution in [1.29, 1.82) is 0 Å². The van der Waals surface area contributed by atoms with Crippen molar-refractivity contribution in [1.82, 2.24) is 4.90 Å². The number of benzene rings is 1. The van der Waals surface area contributed by atoms with Crippen molar-refractivity contribution in [3.63, 3.8) is 0 Å². The summed E-state index contributed by atoms with van der Waals surface area (Å²) in [5, 5.41) is 3.08. The number of nitrogens with one attached hydrogen (secondary N) is 1. The van der Waals surface area contributed by atoms with E-state index in [4.69, 9.17) is 18.0 Å². The molecule has 0 radical (unpaired) electrons. The maximum Gasteiger partial charge on any atom is 0.257 e. The lowest BCUT2D eigenvalue weighted by Gasteiger charge is -2.16. The third kappa shape index (κ3) is 2.24. The van der Waals surface area contributed by atoms with Crippen LogP contribution in [0.25, 0.3) is 0 Å². The van der Waals surface area contributed by atoms with Gasteiger partial charge in [-0.05, 0) is 18.2 Å². The number of terminal acetylenes is 1. The largest absolute Gasteiger partial charge is 0.324 e. The highest BCUT2D eigenvalue weighted by Crippen LogP contribution is 2.24. The number of nitrogens with zero attached hydrogens (tertiary/aromatic N) is 1. The lowest BCUT2D eigenvalue weighted by Crippen LogP contribution is -2.35. The second kappa shape index (κ2) is 4.48. The summed E-state index contributed by atoms with van der Waals surface area (Å²) < 4.78 is 0. The molecule has 1 aliphatic rings. The average Bonchev–Trinajstić information content (AvgIpc) is 2.39. The first-order chi connectivity index (χ1) is 8.11. The SMILES string of the molecule is C#CCN1CC(=O)Nc2ccc(Cl)cc2C1=O. The van der Waals surface area contributed by atoms with E-state index in [1.54, 1.807) is 12.1 Å². The van der Waals surface area contributed by atoms with Crippen molar-refractivity contribution in [2.45, 2.75) is 0 Å². The molecule has 0 saturated heterocycles. The molecule has 1 heterocycles. The monoisotopic (exact) mass is 248 g/mol. The van der Waals surface area contributed by atoms with Crippen LogP contribution in [0.1, 0.15) is 10.4 Å². The van der Waals surface area contributed by atoms with Gasteiger partial charge in [-0.3, -0.25) is 9.59 Å². The summed E-state index contributed by atoms with van der Waals surface area (Å²) in [4.78, 5) is 25.0. The Hall–Kier alpha value is -1.99. The number of halogens is 1. The molecule has 1 aromatic carbocycles. The van der Waals surface area contributed by atoms with E-state index in [-0.39, 0.29) is 24.9 Å². The molecule has 0 unspecified atom stereocenters. The molecule has 1 aliphatic heterocycles. The van der Waals surface area contributed by atoms with Crippen molar-refractivity contribution in [2.24, 2.45) is 0 Å². The van der Waals surface area contributed by atoms with Gasteiger partial charge >= 0.3 is 0 Å². The Morgan fingerprint density at radius 1 is 1.47 bits per heavy atom. The number of carbonyl (C=O) groups excluding carboxylic acids is 2. The first-order valence-electron chi connectivity index (χ1n) is 4.94. The van der Waals surface area contributed by atoms with Crippen molar-refractivity contribution in [2.75, 3.05) is 18.4 Å². The summed E-state index contributed by atoms with van der Waals surface area (Å²) in [5.41, 5.74) is 0.822. The Bertz CT molecular complexity index is 534. The van der Waals surface area contributed by atoms with Crippen LogP contribution >= 0.6 is 11.6 Å². The van der Waals surface area contributed by atoms with Crippen LogP contribution in [0.2, 0.25) is 5.02 Å². The van der Waals surface area contributed by atoms with Gasteiger partial charge in [0, 0.05) is 5.02 Å². The maximum absolute atomic E-state index is 12.1. The normalized spacial score (nSPS) is 14.7. The highest BCUT2D eigenvalue weighted by Gasteiger charge is 2.25. The molecule has 2 amide bonds. The number of anilines is 1. The summed E-state index contributed by atoms with van der Waals surface area (Å²) in [6, 6.07) is 4.74. The molecule has 17 heavy (non-hydrogen) atoms. The molecular formula is C12H9ClN2O2. The molecule has 1 N–H and O–H groups in total. The smallest absolute Gasteiger partial charge is 0.257 e. The standard InChI is InChI=1S/C12H9ClN2O2/c1-2-5-15-7-11(16)14-10-4-3-8(13)6-9(10)12(15)17/h1,3-4,6H,5,7H2,(H,14,16). The fourth-order valence-corrected chi connectivity index (χ4v) is 1.82. The second-order valence-electron chi connectivity index (χ2n) is 3.60. The first kappa shape index (κ1) is 11.5. The number of hydrogen-bond donors (Lipinski definition) is 1. The summed E-state index contributed by atoms with van der Waals surface area (Å²) in [7, 11) is 0. The minimum Gasteiger partial charge on any atom is -0.324 e. The molecule has 0 fully saturated rings. The first-order valence-corrected chi connectivity index (χ1v) is 5.32. The Kier molecular flexibility index (Phi) is 3.03. The summed E-state index contributed by atoms with van der Waals surface area (Å²) in [6.45, 7) is 0.0491. The fraction of sp³-hybridized carbons (Fsp3) is 0.167. The van der Waals surface area contributed by atoms with Crippen LogP contribution in [0.3, 0.4) is 0 Å². The van der Waals surface area contributed by atoms with Crippen LogP contribution in [-0.4, -0.2) is 29.8 Å². The van der Waals surface area contributed by atoms with Gasteiger partial charge in [-0.2, -0.15) is 0 Å². The zero-order valence-electron chi connectivity index (χ0n) is 8.87. The molecule has 2 rings (SSSR count). The average molecular weight is 249 g/mol. The van der Waals surface area contributed by atoms with Gasteiger partial charge in [0.05, 0.1) is 17.8 Å². The highest BCUT2D eigenvalue weighted by atomic mass is 35.5. The van der Waals surface area contributed by atoms with E-state index >= 15 is 0 Å². The van der Waals surface area contributed by atoms with Gasteiger partial charge in [-0.1, -0.05) is 17.5 Å². The van der Waals surface area contributed by atoms with Crippen molar-refractivity contribution in [3.8, 4) is 12.3 Å². The lowest BCUT2D eigenvalue weighted by molar-refractivity contribution is -0.116. The van der Waals surface area contributed by atoms with Gasteiger partial charge in [-0.25, -0.2) is 0 Å². The van der Waals surface area contributed by atoms with Gasteiger partial charge < -0.3 is 10.2 Å². The van der Waals surface area contributed by atoms with Crippen LogP contribution in [-0.2, 0) is 4.79 Å². The van der Waals surface area contributed by atoms with Crippen LogP contribution in [0, 0.1) is 12.3 Å². The molecule has 4 nitrogen and oxygen atoms in total. The number of rotatable bonds is 1. The second-order valence-corrected chi connectivity index (χ2v) is 4.04. The van der Waals surface area contributed by atoms with E-state index < -0.39 is 0 Å². The summed E-state index contributed by atoms with van der Waals surface area (Å²) >= 11 is 5.83. The third-order valence-electron chi connectivity index (χ3n) is 2.39. The molecule has 0 saturated carbocycles. The molecule has 0 bridgehead atoms. The molecule has 0 aliphatic carbocycles. The number of fused-ring (bicyclic) bond motifs is 1.